The van der Waals surface area contributed by atoms with Gasteiger partial charge in [-0.3, -0.25) is 24.2 Å². The van der Waals surface area contributed by atoms with Crippen LogP contribution >= 0.6 is 11.8 Å². The van der Waals surface area contributed by atoms with Crippen molar-refractivity contribution in [3.05, 3.63) is 89.7 Å². The van der Waals surface area contributed by atoms with Gasteiger partial charge in [0.25, 0.3) is 5.91 Å². The number of benzene rings is 3. The Morgan fingerprint density at radius 2 is 1.73 bits per heavy atom. The number of carbonyl (C=O) groups excluding carboxylic acids is 3. The molecular weight excluding hydrogens is 441 g/mol. The molecular formula is C25H20FN3O3S. The van der Waals surface area contributed by atoms with E-state index in [0.717, 1.165) is 5.56 Å². The van der Waals surface area contributed by atoms with Crippen molar-refractivity contribution in [2.45, 2.75) is 11.8 Å². The molecule has 3 amide bonds. The lowest BCUT2D eigenvalue weighted by Crippen LogP contribution is -2.50. The number of hydrogen-bond acceptors (Lipinski definition) is 4. The first-order chi connectivity index (χ1) is 15.9. The number of thioether (sulfide) groups is 1. The molecule has 1 atom stereocenters. The van der Waals surface area contributed by atoms with Crippen molar-refractivity contribution in [1.82, 2.24) is 0 Å². The van der Waals surface area contributed by atoms with Gasteiger partial charge >= 0.3 is 0 Å². The van der Waals surface area contributed by atoms with Gasteiger partial charge in [0, 0.05) is 16.9 Å². The highest BCUT2D eigenvalue weighted by Gasteiger charge is 2.61. The maximum atomic E-state index is 13.9. The molecule has 3 aromatic carbocycles. The summed E-state index contributed by atoms with van der Waals surface area (Å²) in [6.45, 7) is 1.73. The van der Waals surface area contributed by atoms with Crippen LogP contribution in [0, 0.1) is 12.7 Å². The molecule has 2 aliphatic heterocycles. The minimum absolute atomic E-state index is 0.156. The van der Waals surface area contributed by atoms with Gasteiger partial charge in [-0.1, -0.05) is 35.9 Å². The first-order valence-electron chi connectivity index (χ1n) is 10.4. The summed E-state index contributed by atoms with van der Waals surface area (Å²) in [5, 5.41) is 2.70. The molecule has 166 valence electrons. The molecule has 1 fully saturated rings. The van der Waals surface area contributed by atoms with Crippen LogP contribution in [0.2, 0.25) is 0 Å². The molecule has 0 bridgehead atoms. The van der Waals surface area contributed by atoms with E-state index in [-0.39, 0.29) is 24.1 Å². The fourth-order valence-corrected chi connectivity index (χ4v) is 5.64. The van der Waals surface area contributed by atoms with Crippen LogP contribution in [0.15, 0.2) is 72.8 Å². The quantitative estimate of drug-likeness (QED) is 0.637. The van der Waals surface area contributed by atoms with Crippen LogP contribution in [-0.4, -0.2) is 30.0 Å². The fraction of sp³-hybridized carbons (Fsp3) is 0.160. The summed E-state index contributed by atoms with van der Waals surface area (Å²) in [6.07, 6.45) is 0. The molecule has 5 rings (SSSR count). The molecule has 0 saturated carbocycles. The lowest BCUT2D eigenvalue weighted by molar-refractivity contribution is -0.124. The van der Waals surface area contributed by atoms with Gasteiger partial charge < -0.3 is 5.32 Å². The van der Waals surface area contributed by atoms with Crippen molar-refractivity contribution in [2.24, 2.45) is 0 Å². The summed E-state index contributed by atoms with van der Waals surface area (Å²) >= 11 is 1.27. The molecule has 8 heteroatoms. The van der Waals surface area contributed by atoms with Gasteiger partial charge in [-0.15, -0.1) is 11.8 Å². The Hall–Kier alpha value is -3.65. The number of anilines is 3. The molecule has 2 heterocycles. The maximum absolute atomic E-state index is 13.9. The van der Waals surface area contributed by atoms with E-state index in [1.54, 1.807) is 17.0 Å². The molecule has 0 radical (unpaired) electrons. The number of para-hydroxylation sites is 1. The second-order valence-electron chi connectivity index (χ2n) is 7.96. The van der Waals surface area contributed by atoms with E-state index in [4.69, 9.17) is 0 Å². The largest absolute Gasteiger partial charge is 0.325 e. The topological polar surface area (TPSA) is 69.7 Å². The lowest BCUT2D eigenvalue weighted by Gasteiger charge is -2.33. The smallest absolute Gasteiger partial charge is 0.269 e. The van der Waals surface area contributed by atoms with Crippen molar-refractivity contribution < 1.29 is 18.8 Å². The monoisotopic (exact) mass is 461 g/mol. The Labute approximate surface area is 194 Å². The van der Waals surface area contributed by atoms with Crippen molar-refractivity contribution in [1.29, 1.82) is 0 Å². The van der Waals surface area contributed by atoms with E-state index in [1.165, 1.54) is 40.9 Å². The number of fused-ring (bicyclic) bond motifs is 2. The van der Waals surface area contributed by atoms with Crippen LogP contribution in [0.3, 0.4) is 0 Å². The molecule has 0 aliphatic carbocycles. The normalized spacial score (nSPS) is 19.3. The maximum Gasteiger partial charge on any atom is 0.269 e. The summed E-state index contributed by atoms with van der Waals surface area (Å²) in [7, 11) is 0. The highest BCUT2D eigenvalue weighted by atomic mass is 32.2. The van der Waals surface area contributed by atoms with Gasteiger partial charge in [-0.05, 0) is 49.4 Å². The van der Waals surface area contributed by atoms with E-state index >= 15 is 0 Å². The second-order valence-corrected chi connectivity index (χ2v) is 9.13. The van der Waals surface area contributed by atoms with E-state index in [9.17, 15) is 18.8 Å². The number of nitrogens with zero attached hydrogens (tertiary/aromatic N) is 2. The Kier molecular flexibility index (Phi) is 5.17. The highest BCUT2D eigenvalue weighted by molar-refractivity contribution is 8.02. The summed E-state index contributed by atoms with van der Waals surface area (Å²) in [5.41, 5.74) is 3.39. The zero-order chi connectivity index (χ0) is 23.2. The van der Waals surface area contributed by atoms with E-state index in [1.807, 2.05) is 43.3 Å². The van der Waals surface area contributed by atoms with Crippen LogP contribution < -0.4 is 15.1 Å². The number of hydrogen-bond donors (Lipinski definition) is 1. The van der Waals surface area contributed by atoms with Gasteiger partial charge in [0.1, 0.15) is 12.4 Å². The average molecular weight is 462 g/mol. The third kappa shape index (κ3) is 3.47. The van der Waals surface area contributed by atoms with Gasteiger partial charge in [-0.2, -0.15) is 0 Å². The van der Waals surface area contributed by atoms with Crippen molar-refractivity contribution in [3.63, 3.8) is 0 Å². The minimum atomic E-state index is -1.26. The third-order valence-corrected chi connectivity index (χ3v) is 7.17. The van der Waals surface area contributed by atoms with Crippen molar-refractivity contribution in [2.75, 3.05) is 27.4 Å². The summed E-state index contributed by atoms with van der Waals surface area (Å²) in [4.78, 5) is 41.4. The highest BCUT2D eigenvalue weighted by Crippen LogP contribution is 2.55. The zero-order valence-electron chi connectivity index (χ0n) is 17.7. The van der Waals surface area contributed by atoms with E-state index in [0.29, 0.717) is 22.6 Å². The number of amides is 3. The number of halogens is 1. The first-order valence-corrected chi connectivity index (χ1v) is 11.4. The van der Waals surface area contributed by atoms with Gasteiger partial charge in [0.2, 0.25) is 16.7 Å². The first kappa shape index (κ1) is 21.2. The number of carbonyl (C=O) groups is 3. The predicted molar refractivity (Wildman–Crippen MR) is 127 cm³/mol. The van der Waals surface area contributed by atoms with Gasteiger partial charge in [0.05, 0.1) is 11.4 Å². The lowest BCUT2D eigenvalue weighted by atomic mass is 10.0. The molecule has 3 aromatic rings. The molecule has 33 heavy (non-hydrogen) atoms. The van der Waals surface area contributed by atoms with Crippen LogP contribution in [0.5, 0.6) is 0 Å². The Morgan fingerprint density at radius 1 is 1.03 bits per heavy atom. The molecule has 1 saturated heterocycles. The Morgan fingerprint density at radius 3 is 2.45 bits per heavy atom. The summed E-state index contributed by atoms with van der Waals surface area (Å²) in [5.74, 6) is -1.17. The zero-order valence-corrected chi connectivity index (χ0v) is 18.6. The van der Waals surface area contributed by atoms with Crippen LogP contribution in [0.25, 0.3) is 0 Å². The third-order valence-electron chi connectivity index (χ3n) is 5.79. The summed E-state index contributed by atoms with van der Waals surface area (Å²) < 4.78 is 13.2. The SMILES string of the molecule is Cc1ccc(N2C(=O)CS[C@@]23C(=O)N(CC(=O)Nc2ccc(F)cc2)c2ccccc23)cc1. The molecule has 1 N–H and O–H groups in total. The van der Waals surface area contributed by atoms with Gasteiger partial charge in [0.15, 0.2) is 0 Å². The fourth-order valence-electron chi connectivity index (χ4n) is 4.28. The Balaban J connectivity index is 1.50. The standard InChI is InChI=1S/C25H20FN3O3S/c1-16-6-12-19(13-7-16)29-23(31)15-33-25(29)20-4-2-3-5-21(20)28(24(25)32)14-22(30)27-18-10-8-17(26)9-11-18/h2-13H,14-15H2,1H3,(H,27,30)/t25-/m0/s1. The molecule has 2 aliphatic rings. The number of rotatable bonds is 4. The van der Waals surface area contributed by atoms with Crippen LogP contribution in [-0.2, 0) is 19.3 Å². The molecule has 0 unspecified atom stereocenters. The molecule has 1 spiro atoms. The van der Waals surface area contributed by atoms with Crippen LogP contribution in [0.1, 0.15) is 11.1 Å². The van der Waals surface area contributed by atoms with Crippen LogP contribution in [0.4, 0.5) is 21.5 Å². The molecule has 6 nitrogen and oxygen atoms in total. The number of aryl methyl sites for hydroxylation is 1. The van der Waals surface area contributed by atoms with Gasteiger partial charge in [-0.25, -0.2) is 4.39 Å². The number of nitrogens with one attached hydrogen (secondary N) is 1. The summed E-state index contributed by atoms with van der Waals surface area (Å²) in [6, 6.07) is 20.1. The van der Waals surface area contributed by atoms with Crippen molar-refractivity contribution >= 4 is 46.5 Å². The molecule has 0 aromatic heterocycles. The second kappa shape index (κ2) is 8.04. The van der Waals surface area contributed by atoms with E-state index < -0.39 is 16.6 Å². The minimum Gasteiger partial charge on any atom is -0.325 e. The Bertz CT molecular complexity index is 1260. The van der Waals surface area contributed by atoms with Crippen molar-refractivity contribution in [3.8, 4) is 0 Å². The average Bonchev–Trinajstić information content (AvgIpc) is 3.27. The predicted octanol–water partition coefficient (Wildman–Crippen LogP) is 4.05. The van der Waals surface area contributed by atoms with E-state index in [2.05, 4.69) is 5.32 Å².